The van der Waals surface area contributed by atoms with Crippen molar-refractivity contribution in [2.75, 3.05) is 0 Å². The Morgan fingerprint density at radius 1 is 0.612 bits per heavy atom. The van der Waals surface area contributed by atoms with Crippen LogP contribution < -0.4 is 0 Å². The van der Waals surface area contributed by atoms with Gasteiger partial charge in [0.15, 0.2) is 17.5 Å². The Labute approximate surface area is 287 Å². The molecule has 4 bridgehead atoms. The lowest BCUT2D eigenvalue weighted by molar-refractivity contribution is -0.00518. The van der Waals surface area contributed by atoms with E-state index in [1.54, 1.807) is 0 Å². The fourth-order valence-electron chi connectivity index (χ4n) is 10.8. The van der Waals surface area contributed by atoms with Gasteiger partial charge in [0.2, 0.25) is 0 Å². The lowest BCUT2D eigenvalue weighted by Crippen LogP contribution is -2.48. The van der Waals surface area contributed by atoms with Crippen LogP contribution in [0.2, 0.25) is 0 Å². The molecule has 5 aliphatic carbocycles. The highest BCUT2D eigenvalue weighted by molar-refractivity contribution is 5.95. The lowest BCUT2D eigenvalue weighted by Gasteiger charge is -2.57. The molecule has 0 spiro atoms. The van der Waals surface area contributed by atoms with Gasteiger partial charge in [0.25, 0.3) is 0 Å². The molecule has 1 heterocycles. The van der Waals surface area contributed by atoms with Crippen molar-refractivity contribution in [2.45, 2.75) is 63.2 Å². The minimum Gasteiger partial charge on any atom is -0.208 e. The molecule has 0 unspecified atom stereocenters. The van der Waals surface area contributed by atoms with Crippen molar-refractivity contribution < 1.29 is 0 Å². The van der Waals surface area contributed by atoms with Crippen LogP contribution in [0.4, 0.5) is 0 Å². The van der Waals surface area contributed by atoms with E-state index in [0.29, 0.717) is 28.5 Å². The molecule has 5 aliphatic rings. The van der Waals surface area contributed by atoms with Crippen molar-refractivity contribution in [3.05, 3.63) is 125 Å². The zero-order valence-electron chi connectivity index (χ0n) is 28.1. The molecule has 0 radical (unpaired) electrons. The van der Waals surface area contributed by atoms with Crippen LogP contribution in [0.25, 0.3) is 56.1 Å². The predicted molar refractivity (Wildman–Crippen MR) is 196 cm³/mol. The van der Waals surface area contributed by atoms with E-state index < -0.39 is 0 Å². The summed E-state index contributed by atoms with van der Waals surface area (Å²) in [5.41, 5.74) is 9.94. The van der Waals surface area contributed by atoms with Crippen LogP contribution in [0.15, 0.2) is 103 Å². The second-order valence-electron chi connectivity index (χ2n) is 15.8. The predicted octanol–water partition coefficient (Wildman–Crippen LogP) is 10.7. The number of hydrogen-bond acceptors (Lipinski definition) is 4. The highest BCUT2D eigenvalue weighted by Crippen LogP contribution is 2.61. The van der Waals surface area contributed by atoms with Gasteiger partial charge in [0.1, 0.15) is 0 Å². The van der Waals surface area contributed by atoms with Gasteiger partial charge in [0.05, 0.1) is 11.6 Å². The Hall–Kier alpha value is -5.14. The third kappa shape index (κ3) is 4.38. The SMILES string of the molecule is CC1(C)c2ccc(C#N)cc2-c2cccc(-c3nc(-c4ccc(C56CC7CC(CC(C7)C5)C6)cc4)nc(-c4cccc5ccccc45)n3)c21. The van der Waals surface area contributed by atoms with E-state index in [4.69, 9.17) is 15.0 Å². The van der Waals surface area contributed by atoms with Gasteiger partial charge in [-0.15, -0.1) is 0 Å². The maximum Gasteiger partial charge on any atom is 0.164 e. The molecule has 6 aromatic rings. The molecule has 0 aliphatic heterocycles. The van der Waals surface area contributed by atoms with Crippen LogP contribution in [0.5, 0.6) is 0 Å². The second-order valence-corrected chi connectivity index (χ2v) is 15.8. The average Bonchev–Trinajstić information content (AvgIpc) is 3.36. The normalized spacial score (nSPS) is 24.1. The van der Waals surface area contributed by atoms with Crippen LogP contribution in [-0.2, 0) is 10.8 Å². The average molecular weight is 635 g/mol. The second kappa shape index (κ2) is 10.4. The molecule has 4 nitrogen and oxygen atoms in total. The number of hydrogen-bond donors (Lipinski definition) is 0. The Bertz CT molecular complexity index is 2320. The monoisotopic (exact) mass is 634 g/mol. The smallest absolute Gasteiger partial charge is 0.164 e. The fourth-order valence-corrected chi connectivity index (χ4v) is 10.8. The zero-order chi connectivity index (χ0) is 32.9. The highest BCUT2D eigenvalue weighted by Gasteiger charge is 2.51. The molecule has 1 aromatic heterocycles. The molecular weight excluding hydrogens is 597 g/mol. The number of fused-ring (bicyclic) bond motifs is 4. The topological polar surface area (TPSA) is 62.5 Å². The minimum atomic E-state index is -0.291. The summed E-state index contributed by atoms with van der Waals surface area (Å²) in [7, 11) is 0. The molecule has 4 heteroatoms. The third-order valence-corrected chi connectivity index (χ3v) is 12.5. The maximum absolute atomic E-state index is 9.70. The van der Waals surface area contributed by atoms with E-state index in [-0.39, 0.29) is 5.41 Å². The first-order chi connectivity index (χ1) is 23.9. The van der Waals surface area contributed by atoms with E-state index in [0.717, 1.165) is 56.3 Å². The van der Waals surface area contributed by atoms with E-state index >= 15 is 0 Å². The van der Waals surface area contributed by atoms with Gasteiger partial charge in [0, 0.05) is 22.1 Å². The van der Waals surface area contributed by atoms with Gasteiger partial charge in [-0.25, -0.2) is 15.0 Å². The molecule has 49 heavy (non-hydrogen) atoms. The molecule has 0 atom stereocenters. The van der Waals surface area contributed by atoms with Crippen LogP contribution in [0, 0.1) is 29.1 Å². The summed E-state index contributed by atoms with van der Waals surface area (Å²) in [4.78, 5) is 15.7. The number of nitrogens with zero attached hydrogens (tertiary/aromatic N) is 4. The van der Waals surface area contributed by atoms with Crippen LogP contribution in [-0.4, -0.2) is 15.0 Å². The van der Waals surface area contributed by atoms with Crippen molar-refractivity contribution in [1.29, 1.82) is 5.26 Å². The van der Waals surface area contributed by atoms with E-state index in [1.165, 1.54) is 55.2 Å². The number of nitriles is 1. The summed E-state index contributed by atoms with van der Waals surface area (Å²) in [6, 6.07) is 38.9. The summed E-state index contributed by atoms with van der Waals surface area (Å²) in [5, 5.41) is 12.0. The quantitative estimate of drug-likeness (QED) is 0.194. The molecule has 0 amide bonds. The highest BCUT2D eigenvalue weighted by atomic mass is 15.0. The molecular formula is C45H38N4. The van der Waals surface area contributed by atoms with E-state index in [9.17, 15) is 5.26 Å². The van der Waals surface area contributed by atoms with Crippen molar-refractivity contribution >= 4 is 10.8 Å². The summed E-state index contributed by atoms with van der Waals surface area (Å²) < 4.78 is 0. The molecule has 0 saturated heterocycles. The van der Waals surface area contributed by atoms with E-state index in [1.807, 2.05) is 12.1 Å². The molecule has 4 saturated carbocycles. The van der Waals surface area contributed by atoms with Crippen LogP contribution in [0.1, 0.15) is 74.6 Å². The van der Waals surface area contributed by atoms with Gasteiger partial charge in [-0.05, 0) is 112 Å². The maximum atomic E-state index is 9.70. The number of aromatic nitrogens is 3. The molecule has 4 fully saturated rings. The van der Waals surface area contributed by atoms with Crippen molar-refractivity contribution in [1.82, 2.24) is 15.0 Å². The standard InChI is InChI=1S/C45H38N4/c1-44(2)39-18-13-27(26-46)22-38(39)35-10-6-12-37(40(35)44)43-48-41(47-42(49-43)36-11-5-8-31-7-3-4-9-34(31)36)32-14-16-33(17-15-32)45-23-28-19-29(24-45)21-30(20-28)25-45/h3-18,22,28-30H,19-21,23-25H2,1-2H3. The Morgan fingerprint density at radius 3 is 1.96 bits per heavy atom. The summed E-state index contributed by atoms with van der Waals surface area (Å²) in [6.07, 6.45) is 8.41. The fraction of sp³-hybridized carbons (Fsp3) is 0.289. The molecule has 5 aromatic carbocycles. The molecule has 11 rings (SSSR count). The Balaban J connectivity index is 1.14. The zero-order valence-corrected chi connectivity index (χ0v) is 28.1. The van der Waals surface area contributed by atoms with Gasteiger partial charge in [-0.2, -0.15) is 5.26 Å². The first-order valence-corrected chi connectivity index (χ1v) is 17.9. The van der Waals surface area contributed by atoms with Crippen molar-refractivity contribution in [3.8, 4) is 51.4 Å². The molecule has 238 valence electrons. The largest absolute Gasteiger partial charge is 0.208 e. The van der Waals surface area contributed by atoms with Gasteiger partial charge in [-0.1, -0.05) is 105 Å². The first-order valence-electron chi connectivity index (χ1n) is 17.9. The lowest BCUT2D eigenvalue weighted by atomic mass is 9.48. The Morgan fingerprint density at radius 2 is 1.22 bits per heavy atom. The van der Waals surface area contributed by atoms with Crippen LogP contribution in [0.3, 0.4) is 0 Å². The first kappa shape index (κ1) is 28.8. The van der Waals surface area contributed by atoms with Crippen LogP contribution >= 0.6 is 0 Å². The summed E-state index contributed by atoms with van der Waals surface area (Å²) in [5.74, 6) is 4.79. The summed E-state index contributed by atoms with van der Waals surface area (Å²) >= 11 is 0. The Kier molecular flexibility index (Phi) is 6.14. The van der Waals surface area contributed by atoms with Gasteiger partial charge < -0.3 is 0 Å². The van der Waals surface area contributed by atoms with Gasteiger partial charge in [-0.3, -0.25) is 0 Å². The van der Waals surface area contributed by atoms with Crippen molar-refractivity contribution in [2.24, 2.45) is 17.8 Å². The third-order valence-electron chi connectivity index (χ3n) is 12.5. The number of rotatable bonds is 4. The summed E-state index contributed by atoms with van der Waals surface area (Å²) in [6.45, 7) is 4.54. The number of benzene rings is 5. The van der Waals surface area contributed by atoms with Crippen molar-refractivity contribution in [3.63, 3.8) is 0 Å². The van der Waals surface area contributed by atoms with Gasteiger partial charge >= 0.3 is 0 Å². The molecule has 0 N–H and O–H groups in total. The minimum absolute atomic E-state index is 0.291. The van der Waals surface area contributed by atoms with E-state index in [2.05, 4.69) is 111 Å².